The van der Waals surface area contributed by atoms with Gasteiger partial charge in [-0.1, -0.05) is 13.0 Å². The highest BCUT2D eigenvalue weighted by Crippen LogP contribution is 2.52. The predicted octanol–water partition coefficient (Wildman–Crippen LogP) is 1.01. The fourth-order valence-electron chi connectivity index (χ4n) is 1.67. The molecule has 12 nitrogen and oxygen atoms in total. The van der Waals surface area contributed by atoms with Gasteiger partial charge in [0.05, 0.1) is 13.2 Å². The van der Waals surface area contributed by atoms with Gasteiger partial charge in [0, 0.05) is 5.57 Å². The monoisotopic (exact) mass is 433 g/mol. The molecule has 0 aromatic carbocycles. The molecule has 0 bridgehead atoms. The number of amides is 1. The van der Waals surface area contributed by atoms with E-state index in [1.165, 1.54) is 6.92 Å². The lowest BCUT2D eigenvalue weighted by Crippen LogP contribution is -2.29. The standard InChI is InChI=1S/C13H25NO11P2/c1-10(2)12(15)23-9-7-14-13(16)24-8-5-3-4-6-11(26(17,18)19)25-27(20,21)22/h11H,1,3-9H2,2H3,(H,14,16)(H2,17,18,19)(H2,20,21,22). The quantitative estimate of drug-likeness (QED) is 0.121. The molecule has 0 rings (SSSR count). The number of ether oxygens (including phenoxy) is 2. The molecule has 0 aliphatic rings. The Balaban J connectivity index is 3.87. The van der Waals surface area contributed by atoms with Crippen LogP contribution in [0.25, 0.3) is 0 Å². The fourth-order valence-corrected chi connectivity index (χ4v) is 3.48. The van der Waals surface area contributed by atoms with Crippen molar-refractivity contribution in [3.63, 3.8) is 0 Å². The van der Waals surface area contributed by atoms with Gasteiger partial charge in [0.1, 0.15) is 6.61 Å². The minimum atomic E-state index is -5.02. The largest absolute Gasteiger partial charge is 0.470 e. The Hall–Kier alpha value is -1.26. The molecule has 0 saturated heterocycles. The summed E-state index contributed by atoms with van der Waals surface area (Å²) in [5, 5.41) is 2.35. The van der Waals surface area contributed by atoms with Gasteiger partial charge >= 0.3 is 27.5 Å². The van der Waals surface area contributed by atoms with Crippen LogP contribution in [0, 0.1) is 0 Å². The first kappa shape index (κ1) is 25.7. The number of unbranched alkanes of at least 4 members (excludes halogenated alkanes) is 2. The van der Waals surface area contributed by atoms with Gasteiger partial charge in [-0.2, -0.15) is 0 Å². The number of alkyl carbamates (subject to hydrolysis) is 1. The van der Waals surface area contributed by atoms with Crippen LogP contribution in [0.15, 0.2) is 12.2 Å². The Morgan fingerprint density at radius 1 is 1.04 bits per heavy atom. The van der Waals surface area contributed by atoms with Crippen molar-refractivity contribution < 1.29 is 52.3 Å². The number of rotatable bonds is 13. The summed E-state index contributed by atoms with van der Waals surface area (Å²) in [4.78, 5) is 57.8. The molecule has 0 saturated carbocycles. The lowest BCUT2D eigenvalue weighted by atomic mass is 10.2. The van der Waals surface area contributed by atoms with E-state index in [-0.39, 0.29) is 38.2 Å². The second kappa shape index (κ2) is 12.2. The van der Waals surface area contributed by atoms with Crippen LogP contribution in [0.3, 0.4) is 0 Å². The number of phosphoric acid groups is 1. The smallest absolute Gasteiger partial charge is 0.460 e. The third-order valence-electron chi connectivity index (χ3n) is 2.92. The van der Waals surface area contributed by atoms with Crippen molar-refractivity contribution in [1.29, 1.82) is 0 Å². The Labute approximate surface area is 156 Å². The summed E-state index contributed by atoms with van der Waals surface area (Å²) >= 11 is 0. The maximum atomic E-state index is 11.3. The summed E-state index contributed by atoms with van der Waals surface area (Å²) < 4.78 is 35.5. The highest BCUT2D eigenvalue weighted by molar-refractivity contribution is 7.53. The number of carbonyl (C=O) groups excluding carboxylic acids is 2. The molecule has 0 aromatic heterocycles. The van der Waals surface area contributed by atoms with Crippen LogP contribution in [0.4, 0.5) is 4.79 Å². The SMILES string of the molecule is C=C(C)C(=O)OCCNC(=O)OCCCCCC(OP(=O)(O)O)P(=O)(O)O. The second-order valence-corrected chi connectivity index (χ2v) is 8.41. The Morgan fingerprint density at radius 2 is 1.67 bits per heavy atom. The molecule has 0 aromatic rings. The van der Waals surface area contributed by atoms with Crippen molar-refractivity contribution in [3.8, 4) is 0 Å². The summed E-state index contributed by atoms with van der Waals surface area (Å²) in [6.07, 6.45) is -0.0565. The Kier molecular flexibility index (Phi) is 11.7. The summed E-state index contributed by atoms with van der Waals surface area (Å²) in [6, 6.07) is 0. The van der Waals surface area contributed by atoms with E-state index in [1.54, 1.807) is 0 Å². The second-order valence-electron chi connectivity index (χ2n) is 5.47. The molecule has 5 N–H and O–H groups in total. The average molecular weight is 433 g/mol. The summed E-state index contributed by atoms with van der Waals surface area (Å²) in [7, 11) is -9.85. The lowest BCUT2D eigenvalue weighted by Gasteiger charge is -2.19. The molecule has 1 unspecified atom stereocenters. The molecule has 0 aliphatic carbocycles. The molecule has 0 radical (unpaired) electrons. The van der Waals surface area contributed by atoms with Gasteiger partial charge < -0.3 is 34.4 Å². The maximum absolute atomic E-state index is 11.3. The molecule has 158 valence electrons. The normalized spacial score (nSPS) is 12.9. The van der Waals surface area contributed by atoms with Gasteiger partial charge in [-0.05, 0) is 26.2 Å². The third-order valence-corrected chi connectivity index (χ3v) is 4.73. The molecule has 14 heteroatoms. The summed E-state index contributed by atoms with van der Waals surface area (Å²) in [5.74, 6) is -2.47. The molecular weight excluding hydrogens is 408 g/mol. The van der Waals surface area contributed by atoms with Crippen molar-refractivity contribution >= 4 is 27.5 Å². The van der Waals surface area contributed by atoms with Crippen LogP contribution in [0.1, 0.15) is 32.6 Å². The predicted molar refractivity (Wildman–Crippen MR) is 92.6 cm³/mol. The molecule has 0 heterocycles. The zero-order chi connectivity index (χ0) is 21.1. The summed E-state index contributed by atoms with van der Waals surface area (Å²) in [6.45, 7) is 4.93. The van der Waals surface area contributed by atoms with Gasteiger partial charge in [0.25, 0.3) is 0 Å². The first-order valence-corrected chi connectivity index (χ1v) is 11.1. The lowest BCUT2D eigenvalue weighted by molar-refractivity contribution is -0.138. The van der Waals surface area contributed by atoms with E-state index in [0.717, 1.165) is 0 Å². The molecule has 1 amide bonds. The van der Waals surface area contributed by atoms with E-state index in [9.17, 15) is 18.7 Å². The van der Waals surface area contributed by atoms with Crippen LogP contribution in [0.5, 0.6) is 0 Å². The molecule has 0 spiro atoms. The van der Waals surface area contributed by atoms with Crippen molar-refractivity contribution in [1.82, 2.24) is 5.32 Å². The van der Waals surface area contributed by atoms with E-state index in [4.69, 9.17) is 29.0 Å². The van der Waals surface area contributed by atoms with E-state index in [2.05, 4.69) is 16.4 Å². The van der Waals surface area contributed by atoms with E-state index >= 15 is 0 Å². The average Bonchev–Trinajstić information content (AvgIpc) is 2.51. The van der Waals surface area contributed by atoms with E-state index in [0.29, 0.717) is 12.8 Å². The maximum Gasteiger partial charge on any atom is 0.470 e. The minimum absolute atomic E-state index is 0.0251. The Morgan fingerprint density at radius 3 is 2.19 bits per heavy atom. The first-order chi connectivity index (χ1) is 12.3. The van der Waals surface area contributed by atoms with Crippen LogP contribution < -0.4 is 5.32 Å². The van der Waals surface area contributed by atoms with Crippen molar-refractivity contribution in [2.75, 3.05) is 19.8 Å². The number of esters is 1. The van der Waals surface area contributed by atoms with Gasteiger partial charge in [-0.15, -0.1) is 0 Å². The molecule has 1 atom stereocenters. The highest BCUT2D eigenvalue weighted by Gasteiger charge is 2.35. The zero-order valence-electron chi connectivity index (χ0n) is 14.8. The molecule has 0 aliphatic heterocycles. The first-order valence-electron chi connectivity index (χ1n) is 7.85. The number of nitrogens with one attached hydrogen (secondary N) is 1. The number of carbonyl (C=O) groups is 2. The number of hydrogen-bond acceptors (Lipinski definition) is 7. The van der Waals surface area contributed by atoms with Gasteiger partial charge in [-0.3, -0.25) is 9.09 Å². The van der Waals surface area contributed by atoms with Crippen molar-refractivity contribution in [2.45, 2.75) is 38.5 Å². The highest BCUT2D eigenvalue weighted by atomic mass is 31.2. The van der Waals surface area contributed by atoms with Crippen molar-refractivity contribution in [2.24, 2.45) is 0 Å². The van der Waals surface area contributed by atoms with Crippen LogP contribution in [0.2, 0.25) is 0 Å². The topological polar surface area (TPSA) is 189 Å². The Bertz CT molecular complexity index is 597. The van der Waals surface area contributed by atoms with Crippen molar-refractivity contribution in [3.05, 3.63) is 12.2 Å². The molecular formula is C13H25NO11P2. The minimum Gasteiger partial charge on any atom is -0.460 e. The number of hydrogen-bond donors (Lipinski definition) is 5. The van der Waals surface area contributed by atoms with Gasteiger partial charge in [0.2, 0.25) is 0 Å². The van der Waals surface area contributed by atoms with E-state index < -0.39 is 33.3 Å². The van der Waals surface area contributed by atoms with Gasteiger partial charge in [-0.25, -0.2) is 14.2 Å². The van der Waals surface area contributed by atoms with E-state index in [1.807, 2.05) is 0 Å². The van der Waals surface area contributed by atoms with Crippen LogP contribution in [-0.4, -0.2) is 57.2 Å². The summed E-state index contributed by atoms with van der Waals surface area (Å²) in [5.41, 5.74) is 0.241. The van der Waals surface area contributed by atoms with Crippen LogP contribution >= 0.6 is 15.4 Å². The third kappa shape index (κ3) is 14.5. The zero-order valence-corrected chi connectivity index (χ0v) is 16.6. The fraction of sp³-hybridized carbons (Fsp3) is 0.692. The molecule has 27 heavy (non-hydrogen) atoms. The van der Waals surface area contributed by atoms with Gasteiger partial charge in [0.15, 0.2) is 5.85 Å². The number of phosphoric ester groups is 1. The molecule has 0 fully saturated rings. The van der Waals surface area contributed by atoms with Crippen LogP contribution in [-0.2, 0) is 27.9 Å².